The van der Waals surface area contributed by atoms with Crippen molar-refractivity contribution >= 4 is 16.7 Å². The molecule has 2 aromatic rings. The molecular formula is C18H25N2O2+. The molecule has 0 saturated carbocycles. The SMILES string of the molecule is COc1ccc2c(c1)c(C(=O)C[NH+]1CCCCC1)c(C)n2C. The second-order valence-electron chi connectivity index (χ2n) is 6.31. The first-order chi connectivity index (χ1) is 10.6. The Labute approximate surface area is 131 Å². The van der Waals surface area contributed by atoms with E-state index < -0.39 is 0 Å². The number of benzene rings is 1. The quantitative estimate of drug-likeness (QED) is 0.873. The summed E-state index contributed by atoms with van der Waals surface area (Å²) in [5.41, 5.74) is 3.01. The van der Waals surface area contributed by atoms with Gasteiger partial charge in [-0.05, 0) is 44.4 Å². The molecule has 1 aromatic heterocycles. The molecule has 3 rings (SSSR count). The number of Topliss-reactive ketones (excluding diaryl/α,β-unsaturated/α-hetero) is 1. The van der Waals surface area contributed by atoms with Gasteiger partial charge in [0.15, 0.2) is 0 Å². The molecule has 2 heterocycles. The summed E-state index contributed by atoms with van der Waals surface area (Å²) in [6.45, 7) is 4.89. The minimum atomic E-state index is 0.258. The zero-order valence-corrected chi connectivity index (χ0v) is 13.7. The molecule has 0 amide bonds. The van der Waals surface area contributed by atoms with Gasteiger partial charge >= 0.3 is 0 Å². The lowest BCUT2D eigenvalue weighted by atomic mass is 10.0. The van der Waals surface area contributed by atoms with Crippen molar-refractivity contribution in [3.63, 3.8) is 0 Å². The topological polar surface area (TPSA) is 35.7 Å². The molecule has 118 valence electrons. The van der Waals surface area contributed by atoms with E-state index in [4.69, 9.17) is 4.74 Å². The number of nitrogens with zero attached hydrogens (tertiary/aromatic N) is 1. The number of aromatic nitrogens is 1. The number of carbonyl (C=O) groups is 1. The van der Waals surface area contributed by atoms with Crippen molar-refractivity contribution in [2.75, 3.05) is 26.7 Å². The first kappa shape index (κ1) is 15.1. The van der Waals surface area contributed by atoms with Gasteiger partial charge in [-0.2, -0.15) is 0 Å². The summed E-state index contributed by atoms with van der Waals surface area (Å²) >= 11 is 0. The van der Waals surface area contributed by atoms with Crippen LogP contribution in [0, 0.1) is 6.92 Å². The predicted molar refractivity (Wildman–Crippen MR) is 88.0 cm³/mol. The van der Waals surface area contributed by atoms with Crippen molar-refractivity contribution in [1.82, 2.24) is 4.57 Å². The molecule has 0 bridgehead atoms. The van der Waals surface area contributed by atoms with Crippen LogP contribution in [0.15, 0.2) is 18.2 Å². The molecule has 0 unspecified atom stereocenters. The Kier molecular flexibility index (Phi) is 4.21. The van der Waals surface area contributed by atoms with Gasteiger partial charge < -0.3 is 14.2 Å². The van der Waals surface area contributed by atoms with Crippen LogP contribution in [0.25, 0.3) is 10.9 Å². The van der Waals surface area contributed by atoms with E-state index >= 15 is 0 Å². The number of hydrogen-bond acceptors (Lipinski definition) is 2. The van der Waals surface area contributed by atoms with Crippen molar-refractivity contribution in [1.29, 1.82) is 0 Å². The Morgan fingerprint density at radius 3 is 2.68 bits per heavy atom. The van der Waals surface area contributed by atoms with Crippen LogP contribution in [0.3, 0.4) is 0 Å². The van der Waals surface area contributed by atoms with E-state index in [1.807, 2.05) is 32.2 Å². The van der Waals surface area contributed by atoms with Crippen LogP contribution in [0.1, 0.15) is 35.3 Å². The molecule has 4 nitrogen and oxygen atoms in total. The number of likely N-dealkylation sites (tertiary alicyclic amines) is 1. The van der Waals surface area contributed by atoms with Crippen LogP contribution in [-0.4, -0.2) is 37.1 Å². The van der Waals surface area contributed by atoms with Gasteiger partial charge in [-0.25, -0.2) is 0 Å². The number of fused-ring (bicyclic) bond motifs is 1. The number of carbonyl (C=O) groups excluding carboxylic acids is 1. The van der Waals surface area contributed by atoms with Gasteiger partial charge in [0.1, 0.15) is 12.3 Å². The van der Waals surface area contributed by atoms with E-state index in [9.17, 15) is 4.79 Å². The van der Waals surface area contributed by atoms with Crippen molar-refractivity contribution < 1.29 is 14.4 Å². The Bertz CT molecular complexity index is 697. The molecule has 22 heavy (non-hydrogen) atoms. The number of aryl methyl sites for hydroxylation is 1. The summed E-state index contributed by atoms with van der Waals surface area (Å²) in [6, 6.07) is 5.97. The fourth-order valence-electron chi connectivity index (χ4n) is 3.57. The van der Waals surface area contributed by atoms with Gasteiger partial charge in [0.2, 0.25) is 5.78 Å². The highest BCUT2D eigenvalue weighted by Gasteiger charge is 2.24. The van der Waals surface area contributed by atoms with E-state index in [0.717, 1.165) is 41.0 Å². The Morgan fingerprint density at radius 1 is 1.27 bits per heavy atom. The maximum atomic E-state index is 12.9. The number of quaternary nitrogens is 1. The molecule has 1 saturated heterocycles. The zero-order chi connectivity index (χ0) is 15.7. The second-order valence-corrected chi connectivity index (χ2v) is 6.31. The van der Waals surface area contributed by atoms with Gasteiger partial charge in [0, 0.05) is 23.6 Å². The average Bonchev–Trinajstić information content (AvgIpc) is 2.79. The first-order valence-electron chi connectivity index (χ1n) is 8.11. The molecule has 0 radical (unpaired) electrons. The van der Waals surface area contributed by atoms with Crippen molar-refractivity contribution in [3.8, 4) is 5.75 Å². The van der Waals surface area contributed by atoms with Gasteiger partial charge in [0.25, 0.3) is 0 Å². The Hall–Kier alpha value is -1.81. The normalized spacial score (nSPS) is 16.1. The summed E-state index contributed by atoms with van der Waals surface area (Å²) in [5.74, 6) is 1.06. The fraction of sp³-hybridized carbons (Fsp3) is 0.500. The van der Waals surface area contributed by atoms with Crippen LogP contribution >= 0.6 is 0 Å². The minimum absolute atomic E-state index is 0.258. The fourth-order valence-corrected chi connectivity index (χ4v) is 3.57. The maximum absolute atomic E-state index is 12.9. The zero-order valence-electron chi connectivity index (χ0n) is 13.7. The van der Waals surface area contributed by atoms with Crippen molar-refractivity contribution in [2.45, 2.75) is 26.2 Å². The molecule has 0 spiro atoms. The number of rotatable bonds is 4. The molecule has 1 aliphatic heterocycles. The van der Waals surface area contributed by atoms with Gasteiger partial charge in [-0.3, -0.25) is 4.79 Å². The lowest BCUT2D eigenvalue weighted by molar-refractivity contribution is -0.896. The number of ether oxygens (including phenoxy) is 1. The van der Waals surface area contributed by atoms with Crippen LogP contribution in [0.5, 0.6) is 5.75 Å². The van der Waals surface area contributed by atoms with Crippen molar-refractivity contribution in [2.24, 2.45) is 7.05 Å². The summed E-state index contributed by atoms with van der Waals surface area (Å²) in [4.78, 5) is 14.3. The smallest absolute Gasteiger partial charge is 0.219 e. The minimum Gasteiger partial charge on any atom is -0.497 e. The van der Waals surface area contributed by atoms with E-state index in [1.165, 1.54) is 24.2 Å². The molecule has 1 fully saturated rings. The highest BCUT2D eigenvalue weighted by atomic mass is 16.5. The second kappa shape index (κ2) is 6.13. The van der Waals surface area contributed by atoms with Crippen LogP contribution < -0.4 is 9.64 Å². The largest absolute Gasteiger partial charge is 0.497 e. The lowest BCUT2D eigenvalue weighted by Crippen LogP contribution is -3.13. The third kappa shape index (κ3) is 2.63. The highest BCUT2D eigenvalue weighted by molar-refractivity contribution is 6.10. The summed E-state index contributed by atoms with van der Waals surface area (Å²) in [5, 5.41) is 1.01. The summed E-state index contributed by atoms with van der Waals surface area (Å²) in [7, 11) is 3.69. The Morgan fingerprint density at radius 2 is 2.00 bits per heavy atom. The van der Waals surface area contributed by atoms with Crippen LogP contribution in [-0.2, 0) is 7.05 Å². The standard InChI is InChI=1S/C18H24N2O2/c1-13-18(17(21)12-20-9-5-4-6-10-20)15-11-14(22-3)7-8-16(15)19(13)2/h7-8,11H,4-6,9-10,12H2,1-3H3/p+1. The molecule has 1 aliphatic rings. The van der Waals surface area contributed by atoms with E-state index in [0.29, 0.717) is 6.54 Å². The van der Waals surface area contributed by atoms with Crippen LogP contribution in [0.4, 0.5) is 0 Å². The number of methoxy groups -OCH3 is 1. The summed E-state index contributed by atoms with van der Waals surface area (Å²) in [6.07, 6.45) is 3.79. The number of piperidine rings is 1. The predicted octanol–water partition coefficient (Wildman–Crippen LogP) is 1.75. The monoisotopic (exact) mass is 301 g/mol. The van der Waals surface area contributed by atoms with Gasteiger partial charge in [-0.15, -0.1) is 0 Å². The lowest BCUT2D eigenvalue weighted by Gasteiger charge is -2.22. The third-order valence-corrected chi connectivity index (χ3v) is 4.95. The van der Waals surface area contributed by atoms with E-state index in [-0.39, 0.29) is 5.78 Å². The molecule has 0 atom stereocenters. The molecule has 4 heteroatoms. The highest BCUT2D eigenvalue weighted by Crippen LogP contribution is 2.28. The molecule has 1 N–H and O–H groups in total. The van der Waals surface area contributed by atoms with Gasteiger partial charge in [-0.1, -0.05) is 0 Å². The third-order valence-electron chi connectivity index (χ3n) is 4.95. The number of hydrogen-bond donors (Lipinski definition) is 1. The van der Waals surface area contributed by atoms with E-state index in [1.54, 1.807) is 7.11 Å². The van der Waals surface area contributed by atoms with Crippen molar-refractivity contribution in [3.05, 3.63) is 29.5 Å². The average molecular weight is 301 g/mol. The summed E-state index contributed by atoms with van der Waals surface area (Å²) < 4.78 is 7.44. The number of ketones is 1. The molecule has 1 aromatic carbocycles. The first-order valence-corrected chi connectivity index (χ1v) is 8.11. The van der Waals surface area contributed by atoms with Crippen LogP contribution in [0.2, 0.25) is 0 Å². The molecular weight excluding hydrogens is 276 g/mol. The number of nitrogens with one attached hydrogen (secondary N) is 1. The Balaban J connectivity index is 1.97. The van der Waals surface area contributed by atoms with E-state index in [2.05, 4.69) is 4.57 Å². The molecule has 0 aliphatic carbocycles. The van der Waals surface area contributed by atoms with Gasteiger partial charge in [0.05, 0.1) is 25.8 Å². The maximum Gasteiger partial charge on any atom is 0.219 e.